The maximum absolute atomic E-state index is 14.0. The van der Waals surface area contributed by atoms with Gasteiger partial charge in [-0.05, 0) is 38.2 Å². The third-order valence-electron chi connectivity index (χ3n) is 2.79. The number of hydrogen-bond donors (Lipinski definition) is 1. The van der Waals surface area contributed by atoms with Crippen LogP contribution in [0.4, 0.5) is 4.39 Å². The van der Waals surface area contributed by atoms with Gasteiger partial charge in [0.05, 0.1) is 5.02 Å². The Kier molecular flexibility index (Phi) is 4.80. The summed E-state index contributed by atoms with van der Waals surface area (Å²) in [6.45, 7) is 1.93. The molecule has 5 heteroatoms. The zero-order valence-electron chi connectivity index (χ0n) is 10.7. The summed E-state index contributed by atoms with van der Waals surface area (Å²) in [4.78, 5) is 5.08. The molecule has 1 aromatic heterocycles. The SMILES string of the molecule is CNC(C)c1c(F)cccc1Sc1ccc(Cl)cn1. The van der Waals surface area contributed by atoms with Gasteiger partial charge in [-0.25, -0.2) is 9.37 Å². The van der Waals surface area contributed by atoms with Crippen molar-refractivity contribution in [2.75, 3.05) is 7.05 Å². The predicted octanol–water partition coefficient (Wildman–Crippen LogP) is 4.31. The van der Waals surface area contributed by atoms with Gasteiger partial charge in [0.2, 0.25) is 0 Å². The molecule has 2 nitrogen and oxygen atoms in total. The Hall–Kier alpha value is -1.10. The van der Waals surface area contributed by atoms with Crippen LogP contribution in [0.2, 0.25) is 5.02 Å². The first kappa shape index (κ1) is 14.3. The van der Waals surface area contributed by atoms with Crippen LogP contribution < -0.4 is 5.32 Å². The molecule has 0 aliphatic heterocycles. The van der Waals surface area contributed by atoms with Crippen LogP contribution in [0, 0.1) is 5.82 Å². The molecule has 0 fully saturated rings. The first-order valence-corrected chi connectivity index (χ1v) is 7.06. The number of benzene rings is 1. The summed E-state index contributed by atoms with van der Waals surface area (Å²) < 4.78 is 14.0. The van der Waals surface area contributed by atoms with Gasteiger partial charge in [-0.1, -0.05) is 29.4 Å². The Morgan fingerprint density at radius 3 is 2.74 bits per heavy atom. The van der Waals surface area contributed by atoms with Crippen molar-refractivity contribution in [1.29, 1.82) is 0 Å². The first-order chi connectivity index (χ1) is 9.11. The lowest BCUT2D eigenvalue weighted by Gasteiger charge is -2.16. The third kappa shape index (κ3) is 3.47. The molecular weight excluding hydrogens is 283 g/mol. The van der Waals surface area contributed by atoms with E-state index in [0.717, 1.165) is 9.92 Å². The second-order valence-corrected chi connectivity index (χ2v) is 5.58. The lowest BCUT2D eigenvalue weighted by molar-refractivity contribution is 0.552. The minimum absolute atomic E-state index is 0.0593. The molecule has 0 aliphatic carbocycles. The smallest absolute Gasteiger partial charge is 0.129 e. The molecule has 1 unspecified atom stereocenters. The molecule has 2 rings (SSSR count). The molecule has 0 spiro atoms. The van der Waals surface area contributed by atoms with Gasteiger partial charge in [-0.2, -0.15) is 0 Å². The van der Waals surface area contributed by atoms with E-state index in [1.54, 1.807) is 18.3 Å². The van der Waals surface area contributed by atoms with Gasteiger partial charge >= 0.3 is 0 Å². The molecule has 1 heterocycles. The van der Waals surface area contributed by atoms with E-state index in [-0.39, 0.29) is 11.9 Å². The number of pyridine rings is 1. The molecule has 2 aromatic rings. The second-order valence-electron chi connectivity index (χ2n) is 4.08. The van der Waals surface area contributed by atoms with Crippen LogP contribution in [0.1, 0.15) is 18.5 Å². The zero-order valence-corrected chi connectivity index (χ0v) is 12.2. The van der Waals surface area contributed by atoms with Crippen LogP contribution in [0.3, 0.4) is 0 Å². The van der Waals surface area contributed by atoms with Crippen molar-refractivity contribution in [3.63, 3.8) is 0 Å². The van der Waals surface area contributed by atoms with Crippen molar-refractivity contribution in [1.82, 2.24) is 10.3 Å². The lowest BCUT2D eigenvalue weighted by atomic mass is 10.1. The molecule has 0 aliphatic rings. The summed E-state index contributed by atoms with van der Waals surface area (Å²) in [6.07, 6.45) is 1.59. The molecule has 0 saturated heterocycles. The van der Waals surface area contributed by atoms with Crippen molar-refractivity contribution < 1.29 is 4.39 Å². The van der Waals surface area contributed by atoms with E-state index >= 15 is 0 Å². The van der Waals surface area contributed by atoms with Gasteiger partial charge in [-0.3, -0.25) is 0 Å². The van der Waals surface area contributed by atoms with Gasteiger partial charge < -0.3 is 5.32 Å². The summed E-state index contributed by atoms with van der Waals surface area (Å²) in [6, 6.07) is 8.62. The summed E-state index contributed by atoms with van der Waals surface area (Å²) in [7, 11) is 1.81. The number of nitrogens with zero attached hydrogens (tertiary/aromatic N) is 1. The Morgan fingerprint density at radius 2 is 2.11 bits per heavy atom. The molecule has 0 radical (unpaired) electrons. The maximum Gasteiger partial charge on any atom is 0.129 e. The first-order valence-electron chi connectivity index (χ1n) is 5.87. The normalized spacial score (nSPS) is 12.4. The lowest BCUT2D eigenvalue weighted by Crippen LogP contribution is -2.14. The summed E-state index contributed by atoms with van der Waals surface area (Å²) in [5.74, 6) is -0.208. The highest BCUT2D eigenvalue weighted by molar-refractivity contribution is 7.99. The largest absolute Gasteiger partial charge is 0.313 e. The maximum atomic E-state index is 14.0. The highest BCUT2D eigenvalue weighted by Gasteiger charge is 2.15. The molecule has 1 atom stereocenters. The summed E-state index contributed by atoms with van der Waals surface area (Å²) in [5.41, 5.74) is 0.659. The van der Waals surface area contributed by atoms with Crippen LogP contribution >= 0.6 is 23.4 Å². The fourth-order valence-electron chi connectivity index (χ4n) is 1.71. The predicted molar refractivity (Wildman–Crippen MR) is 77.2 cm³/mol. The minimum atomic E-state index is -0.208. The number of hydrogen-bond acceptors (Lipinski definition) is 3. The standard InChI is InChI=1S/C14H14ClFN2S/c1-9(17-2)14-11(16)4-3-5-12(14)19-13-7-6-10(15)8-18-13/h3-9,17H,1-2H3. The van der Waals surface area contributed by atoms with Gasteiger partial charge in [0.15, 0.2) is 0 Å². The van der Waals surface area contributed by atoms with Crippen molar-refractivity contribution in [2.45, 2.75) is 22.9 Å². The van der Waals surface area contributed by atoms with Crippen LogP contribution in [0.5, 0.6) is 0 Å². The average molecular weight is 297 g/mol. The fourth-order valence-corrected chi connectivity index (χ4v) is 2.82. The summed E-state index contributed by atoms with van der Waals surface area (Å²) >= 11 is 7.23. The van der Waals surface area contributed by atoms with Crippen LogP contribution in [0.25, 0.3) is 0 Å². The molecule has 100 valence electrons. The Bertz CT molecular complexity index is 560. The van der Waals surface area contributed by atoms with E-state index in [0.29, 0.717) is 10.6 Å². The monoisotopic (exact) mass is 296 g/mol. The zero-order chi connectivity index (χ0) is 13.8. The number of rotatable bonds is 4. The topological polar surface area (TPSA) is 24.9 Å². The Labute approximate surface area is 121 Å². The van der Waals surface area contributed by atoms with E-state index in [1.165, 1.54) is 17.8 Å². The highest BCUT2D eigenvalue weighted by Crippen LogP contribution is 2.33. The van der Waals surface area contributed by atoms with Crippen molar-refractivity contribution in [3.8, 4) is 0 Å². The van der Waals surface area contributed by atoms with Crippen LogP contribution in [-0.2, 0) is 0 Å². The van der Waals surface area contributed by atoms with E-state index < -0.39 is 0 Å². The quantitative estimate of drug-likeness (QED) is 0.910. The Balaban J connectivity index is 2.34. The molecule has 1 N–H and O–H groups in total. The number of aromatic nitrogens is 1. The van der Waals surface area contributed by atoms with Crippen LogP contribution in [0.15, 0.2) is 46.5 Å². The molecule has 1 aromatic carbocycles. The minimum Gasteiger partial charge on any atom is -0.313 e. The number of halogens is 2. The van der Waals surface area contributed by atoms with E-state index in [9.17, 15) is 4.39 Å². The van der Waals surface area contributed by atoms with Crippen molar-refractivity contribution >= 4 is 23.4 Å². The molecular formula is C14H14ClFN2S. The van der Waals surface area contributed by atoms with Crippen LogP contribution in [-0.4, -0.2) is 12.0 Å². The van der Waals surface area contributed by atoms with Gasteiger partial charge in [0.25, 0.3) is 0 Å². The van der Waals surface area contributed by atoms with E-state index in [4.69, 9.17) is 11.6 Å². The van der Waals surface area contributed by atoms with E-state index in [1.807, 2.05) is 26.1 Å². The molecule has 0 amide bonds. The third-order valence-corrected chi connectivity index (χ3v) is 4.04. The van der Waals surface area contributed by atoms with Crippen molar-refractivity contribution in [2.24, 2.45) is 0 Å². The summed E-state index contributed by atoms with van der Waals surface area (Å²) in [5, 5.41) is 4.44. The van der Waals surface area contributed by atoms with Crippen molar-refractivity contribution in [3.05, 3.63) is 52.9 Å². The molecule has 0 saturated carbocycles. The fraction of sp³-hybridized carbons (Fsp3) is 0.214. The van der Waals surface area contributed by atoms with Gasteiger partial charge in [-0.15, -0.1) is 0 Å². The Morgan fingerprint density at radius 1 is 1.32 bits per heavy atom. The number of nitrogens with one attached hydrogen (secondary N) is 1. The highest BCUT2D eigenvalue weighted by atomic mass is 35.5. The average Bonchev–Trinajstić information content (AvgIpc) is 2.41. The van der Waals surface area contributed by atoms with E-state index in [2.05, 4.69) is 10.3 Å². The molecule has 19 heavy (non-hydrogen) atoms. The van der Waals surface area contributed by atoms with Gasteiger partial charge in [0, 0.05) is 22.7 Å². The molecule has 0 bridgehead atoms. The van der Waals surface area contributed by atoms with Gasteiger partial charge in [0.1, 0.15) is 10.8 Å². The second kappa shape index (κ2) is 6.37.